The first kappa shape index (κ1) is 17.2. The highest BCUT2D eigenvalue weighted by Crippen LogP contribution is 2.24. The Morgan fingerprint density at radius 1 is 1.00 bits per heavy atom. The summed E-state index contributed by atoms with van der Waals surface area (Å²) in [5.41, 5.74) is 3.25. The Hall–Kier alpha value is -3.18. The molecule has 0 radical (unpaired) electrons. The predicted octanol–water partition coefficient (Wildman–Crippen LogP) is 5.35. The number of oxazole rings is 1. The average Bonchev–Trinajstić information content (AvgIpc) is 3.39. The van der Waals surface area contributed by atoms with E-state index in [4.69, 9.17) is 9.15 Å². The molecule has 0 amide bonds. The van der Waals surface area contributed by atoms with Gasteiger partial charge in [0.25, 0.3) is 0 Å². The lowest BCUT2D eigenvalue weighted by molar-refractivity contribution is 0.0466. The number of rotatable bonds is 6. The van der Waals surface area contributed by atoms with Crippen molar-refractivity contribution in [3.63, 3.8) is 0 Å². The maximum Gasteiger partial charge on any atom is 0.338 e. The third-order valence-corrected chi connectivity index (χ3v) is 4.97. The molecule has 4 rings (SSSR count). The number of carbonyl (C=O) groups is 1. The van der Waals surface area contributed by atoms with Gasteiger partial charge in [0.1, 0.15) is 18.6 Å². The second-order valence-electron chi connectivity index (χ2n) is 6.02. The van der Waals surface area contributed by atoms with E-state index in [0.717, 1.165) is 16.0 Å². The van der Waals surface area contributed by atoms with Gasteiger partial charge in [0.05, 0.1) is 10.4 Å². The van der Waals surface area contributed by atoms with Crippen molar-refractivity contribution in [1.29, 1.82) is 0 Å². The number of ether oxygens (including phenoxy) is 1. The van der Waals surface area contributed by atoms with E-state index >= 15 is 0 Å². The molecule has 5 heteroatoms. The summed E-state index contributed by atoms with van der Waals surface area (Å²) in [6, 6.07) is 21.4. The van der Waals surface area contributed by atoms with E-state index in [2.05, 4.69) is 4.98 Å². The van der Waals surface area contributed by atoms with Gasteiger partial charge < -0.3 is 9.15 Å². The first-order valence-electron chi connectivity index (χ1n) is 8.57. The van der Waals surface area contributed by atoms with Crippen LogP contribution < -0.4 is 0 Å². The van der Waals surface area contributed by atoms with Crippen LogP contribution in [0.15, 0.2) is 82.8 Å². The predicted molar refractivity (Wildman–Crippen MR) is 105 cm³/mol. The van der Waals surface area contributed by atoms with Crippen LogP contribution in [0.1, 0.15) is 27.2 Å². The summed E-state index contributed by atoms with van der Waals surface area (Å²) in [5.74, 6) is 0.183. The first-order valence-corrected chi connectivity index (χ1v) is 9.45. The molecule has 0 N–H and O–H groups in total. The fraction of sp³-hybridized carbons (Fsp3) is 0.0909. The summed E-state index contributed by atoms with van der Waals surface area (Å²) in [6.07, 6.45) is 2.21. The van der Waals surface area contributed by atoms with E-state index < -0.39 is 0 Å². The lowest BCUT2D eigenvalue weighted by atomic mass is 10.00. The zero-order valence-corrected chi connectivity index (χ0v) is 15.3. The minimum Gasteiger partial charge on any atom is -0.455 e. The van der Waals surface area contributed by atoms with Gasteiger partial charge in [-0.05, 0) is 35.1 Å². The number of hydrogen-bond acceptors (Lipinski definition) is 5. The number of esters is 1. The molecule has 0 unspecified atom stereocenters. The summed E-state index contributed by atoms with van der Waals surface area (Å²) in [5, 5.41) is 1.96. The highest BCUT2D eigenvalue weighted by Gasteiger charge is 2.14. The molecule has 0 aliphatic rings. The lowest BCUT2D eigenvalue weighted by Crippen LogP contribution is -2.09. The number of thiophene rings is 1. The molecular weight excluding hydrogens is 358 g/mol. The second-order valence-corrected chi connectivity index (χ2v) is 6.96. The maximum atomic E-state index is 12.6. The summed E-state index contributed by atoms with van der Waals surface area (Å²) in [7, 11) is 0. The van der Waals surface area contributed by atoms with Crippen LogP contribution in [-0.4, -0.2) is 11.0 Å². The number of benzene rings is 2. The van der Waals surface area contributed by atoms with Gasteiger partial charge in [-0.15, -0.1) is 11.3 Å². The van der Waals surface area contributed by atoms with Gasteiger partial charge in [0.15, 0.2) is 0 Å². The Kier molecular flexibility index (Phi) is 5.12. The minimum atomic E-state index is -0.359. The normalized spacial score (nSPS) is 10.7. The topological polar surface area (TPSA) is 52.3 Å². The number of aromatic nitrogens is 1. The fourth-order valence-corrected chi connectivity index (χ4v) is 3.45. The zero-order chi connectivity index (χ0) is 18.5. The van der Waals surface area contributed by atoms with E-state index in [0.29, 0.717) is 23.6 Å². The first-order chi connectivity index (χ1) is 13.3. The number of hydrogen-bond donors (Lipinski definition) is 0. The second kappa shape index (κ2) is 8.01. The molecule has 0 bridgehead atoms. The van der Waals surface area contributed by atoms with Gasteiger partial charge >= 0.3 is 5.97 Å². The molecule has 0 saturated carbocycles. The van der Waals surface area contributed by atoms with Crippen molar-refractivity contribution >= 4 is 17.3 Å². The molecule has 0 saturated heterocycles. The highest BCUT2D eigenvalue weighted by atomic mass is 32.1. The molecule has 0 atom stereocenters. The van der Waals surface area contributed by atoms with Crippen LogP contribution >= 0.6 is 11.3 Å². The monoisotopic (exact) mass is 375 g/mol. The summed E-state index contributed by atoms with van der Waals surface area (Å²) in [6.45, 7) is 0.0768. The maximum absolute atomic E-state index is 12.6. The van der Waals surface area contributed by atoms with E-state index in [1.807, 2.05) is 66.0 Å². The molecule has 4 nitrogen and oxygen atoms in total. The molecule has 27 heavy (non-hydrogen) atoms. The smallest absolute Gasteiger partial charge is 0.338 e. The van der Waals surface area contributed by atoms with Crippen molar-refractivity contribution in [2.24, 2.45) is 0 Å². The zero-order valence-electron chi connectivity index (χ0n) is 14.5. The van der Waals surface area contributed by atoms with Crippen molar-refractivity contribution in [3.8, 4) is 10.8 Å². The Bertz CT molecular complexity index is 1020. The molecule has 0 fully saturated rings. The summed E-state index contributed by atoms with van der Waals surface area (Å²) >= 11 is 1.55. The molecule has 0 aliphatic carbocycles. The highest BCUT2D eigenvalue weighted by molar-refractivity contribution is 7.13. The molecular formula is C22H17NO3S. The third kappa shape index (κ3) is 4.15. The van der Waals surface area contributed by atoms with Crippen molar-refractivity contribution in [2.45, 2.75) is 13.0 Å². The van der Waals surface area contributed by atoms with Crippen molar-refractivity contribution in [2.75, 3.05) is 0 Å². The number of carbonyl (C=O) groups excluding carboxylic acids is 1. The van der Waals surface area contributed by atoms with E-state index in [-0.39, 0.29) is 12.6 Å². The quantitative estimate of drug-likeness (QED) is 0.426. The Morgan fingerprint density at radius 2 is 1.81 bits per heavy atom. The molecule has 0 spiro atoms. The van der Waals surface area contributed by atoms with Crippen molar-refractivity contribution in [1.82, 2.24) is 4.98 Å². The lowest BCUT2D eigenvalue weighted by Gasteiger charge is -2.09. The van der Waals surface area contributed by atoms with Crippen LogP contribution in [0.3, 0.4) is 0 Å². The van der Waals surface area contributed by atoms with Crippen LogP contribution in [0.2, 0.25) is 0 Å². The average molecular weight is 375 g/mol. The molecule has 2 aromatic heterocycles. The summed E-state index contributed by atoms with van der Waals surface area (Å²) < 4.78 is 10.9. The Balaban J connectivity index is 1.44. The van der Waals surface area contributed by atoms with Gasteiger partial charge in [0, 0.05) is 0 Å². The SMILES string of the molecule is O=C(OCc1coc(-c2cccs2)n1)c1ccccc1Cc1ccccc1. The third-order valence-electron chi connectivity index (χ3n) is 4.11. The van der Waals surface area contributed by atoms with Crippen LogP contribution in [-0.2, 0) is 17.8 Å². The van der Waals surface area contributed by atoms with Gasteiger partial charge in [-0.1, -0.05) is 54.6 Å². The fourth-order valence-electron chi connectivity index (χ4n) is 2.79. The Labute approximate surface area is 161 Å². The van der Waals surface area contributed by atoms with Crippen molar-refractivity contribution < 1.29 is 13.9 Å². The van der Waals surface area contributed by atoms with E-state index in [1.54, 1.807) is 17.4 Å². The molecule has 2 aromatic carbocycles. The van der Waals surface area contributed by atoms with Crippen molar-refractivity contribution in [3.05, 3.63) is 101 Å². The van der Waals surface area contributed by atoms with Crippen LogP contribution in [0.4, 0.5) is 0 Å². The van der Waals surface area contributed by atoms with Crippen LogP contribution in [0.25, 0.3) is 10.8 Å². The van der Waals surface area contributed by atoms with Gasteiger partial charge in [-0.3, -0.25) is 0 Å². The van der Waals surface area contributed by atoms with Crippen LogP contribution in [0.5, 0.6) is 0 Å². The van der Waals surface area contributed by atoms with Gasteiger partial charge in [0.2, 0.25) is 5.89 Å². The molecule has 4 aromatic rings. The van der Waals surface area contributed by atoms with E-state index in [1.165, 1.54) is 6.26 Å². The molecule has 134 valence electrons. The Morgan fingerprint density at radius 3 is 2.63 bits per heavy atom. The van der Waals surface area contributed by atoms with Crippen LogP contribution in [0, 0.1) is 0 Å². The molecule has 2 heterocycles. The molecule has 0 aliphatic heterocycles. The minimum absolute atomic E-state index is 0.0768. The number of nitrogens with zero attached hydrogens (tertiary/aromatic N) is 1. The van der Waals surface area contributed by atoms with Gasteiger partial charge in [-0.2, -0.15) is 0 Å². The largest absolute Gasteiger partial charge is 0.455 e. The standard InChI is InChI=1S/C22H17NO3S/c24-22(26-15-18-14-25-21(23-18)20-11-6-12-27-20)19-10-5-4-9-17(19)13-16-7-2-1-3-8-16/h1-12,14H,13,15H2. The van der Waals surface area contributed by atoms with Gasteiger partial charge in [-0.25, -0.2) is 9.78 Å². The van der Waals surface area contributed by atoms with E-state index in [9.17, 15) is 4.79 Å². The summed E-state index contributed by atoms with van der Waals surface area (Å²) in [4.78, 5) is 17.9.